The second-order valence-electron chi connectivity index (χ2n) is 8.95. The molecule has 0 aliphatic carbocycles. The summed E-state index contributed by atoms with van der Waals surface area (Å²) < 4.78 is 19.5. The van der Waals surface area contributed by atoms with E-state index < -0.39 is 5.82 Å². The second-order valence-corrected chi connectivity index (χ2v) is 9.77. The lowest BCUT2D eigenvalue weighted by molar-refractivity contribution is 0.0981. The van der Waals surface area contributed by atoms with Crippen LogP contribution in [0.25, 0.3) is 11.3 Å². The molecule has 35 heavy (non-hydrogen) atoms. The Balaban J connectivity index is 1.49. The monoisotopic (exact) mass is 516 g/mol. The molecular weight excluding hydrogens is 490 g/mol. The molecule has 5 rings (SSSR count). The molecule has 0 spiro atoms. The average Bonchev–Trinajstić information content (AvgIpc) is 2.86. The van der Waals surface area contributed by atoms with Crippen LogP contribution >= 0.6 is 23.2 Å². The fraction of sp³-hybridized carbons (Fsp3) is 0.400. The predicted octanol–water partition coefficient (Wildman–Crippen LogP) is 4.92. The van der Waals surface area contributed by atoms with Crippen LogP contribution in [0.5, 0.6) is 0 Å². The minimum Gasteiger partial charge on any atom is -0.377 e. The first-order chi connectivity index (χ1) is 16.9. The Morgan fingerprint density at radius 2 is 1.83 bits per heavy atom. The zero-order valence-corrected chi connectivity index (χ0v) is 21.2. The van der Waals surface area contributed by atoms with Gasteiger partial charge in [0.05, 0.1) is 35.0 Å². The SMILES string of the molecule is C[C@H]1CN(c2ncccc2Cl)CCN1c1cc(-c2ccc(F)c(Cl)c2)nc(N2CCOC[C@@H]2C)n1. The molecule has 0 radical (unpaired) electrons. The molecule has 4 heterocycles. The summed E-state index contributed by atoms with van der Waals surface area (Å²) in [7, 11) is 0. The van der Waals surface area contributed by atoms with Gasteiger partial charge in [-0.05, 0) is 44.2 Å². The van der Waals surface area contributed by atoms with E-state index in [2.05, 4.69) is 33.5 Å². The highest BCUT2D eigenvalue weighted by Crippen LogP contribution is 2.32. The van der Waals surface area contributed by atoms with Crippen molar-refractivity contribution in [2.75, 3.05) is 54.1 Å². The number of piperazine rings is 1. The maximum atomic E-state index is 13.8. The largest absolute Gasteiger partial charge is 0.377 e. The Labute approximate surface area is 214 Å². The van der Waals surface area contributed by atoms with E-state index in [1.807, 2.05) is 18.2 Å². The van der Waals surface area contributed by atoms with Gasteiger partial charge in [0, 0.05) is 50.0 Å². The van der Waals surface area contributed by atoms with Crippen molar-refractivity contribution in [1.29, 1.82) is 0 Å². The quantitative estimate of drug-likeness (QED) is 0.487. The third kappa shape index (κ3) is 5.01. The predicted molar refractivity (Wildman–Crippen MR) is 138 cm³/mol. The number of nitrogens with zero attached hydrogens (tertiary/aromatic N) is 6. The van der Waals surface area contributed by atoms with Crippen molar-refractivity contribution < 1.29 is 9.13 Å². The van der Waals surface area contributed by atoms with Crippen LogP contribution in [0.3, 0.4) is 0 Å². The molecule has 2 aliphatic rings. The summed E-state index contributed by atoms with van der Waals surface area (Å²) in [4.78, 5) is 21.0. The smallest absolute Gasteiger partial charge is 0.228 e. The first-order valence-electron chi connectivity index (χ1n) is 11.7. The number of anilines is 3. The number of halogens is 3. The lowest BCUT2D eigenvalue weighted by Gasteiger charge is -2.42. The Kier molecular flexibility index (Phi) is 6.95. The normalized spacial score (nSPS) is 20.9. The summed E-state index contributed by atoms with van der Waals surface area (Å²) in [6.07, 6.45) is 1.76. The molecule has 1 aromatic carbocycles. The summed E-state index contributed by atoms with van der Waals surface area (Å²) >= 11 is 12.5. The van der Waals surface area contributed by atoms with Gasteiger partial charge in [0.15, 0.2) is 0 Å². The van der Waals surface area contributed by atoms with E-state index >= 15 is 0 Å². The highest BCUT2D eigenvalue weighted by atomic mass is 35.5. The van der Waals surface area contributed by atoms with Gasteiger partial charge in [-0.2, -0.15) is 4.98 Å². The molecule has 0 N–H and O–H groups in total. The number of hydrogen-bond donors (Lipinski definition) is 0. The van der Waals surface area contributed by atoms with Crippen molar-refractivity contribution in [3.05, 3.63) is 58.5 Å². The number of aromatic nitrogens is 3. The van der Waals surface area contributed by atoms with E-state index in [-0.39, 0.29) is 17.1 Å². The van der Waals surface area contributed by atoms with Crippen LogP contribution in [0.2, 0.25) is 10.0 Å². The zero-order chi connectivity index (χ0) is 24.5. The molecule has 0 unspecified atom stereocenters. The van der Waals surface area contributed by atoms with Gasteiger partial charge >= 0.3 is 0 Å². The van der Waals surface area contributed by atoms with Crippen molar-refractivity contribution in [1.82, 2.24) is 15.0 Å². The van der Waals surface area contributed by atoms with Gasteiger partial charge in [0.2, 0.25) is 5.95 Å². The lowest BCUT2D eigenvalue weighted by atomic mass is 10.1. The van der Waals surface area contributed by atoms with Gasteiger partial charge < -0.3 is 19.4 Å². The van der Waals surface area contributed by atoms with E-state index in [4.69, 9.17) is 37.9 Å². The highest BCUT2D eigenvalue weighted by Gasteiger charge is 2.29. The molecule has 2 aliphatic heterocycles. The Morgan fingerprint density at radius 3 is 2.57 bits per heavy atom. The molecule has 0 saturated carbocycles. The summed E-state index contributed by atoms with van der Waals surface area (Å²) in [6.45, 7) is 8.45. The minimum absolute atomic E-state index is 0.0678. The van der Waals surface area contributed by atoms with Crippen LogP contribution in [-0.4, -0.2) is 66.4 Å². The van der Waals surface area contributed by atoms with Crippen LogP contribution in [0.15, 0.2) is 42.6 Å². The summed E-state index contributed by atoms with van der Waals surface area (Å²) in [5, 5.41) is 0.715. The van der Waals surface area contributed by atoms with Crippen LogP contribution in [0.4, 0.5) is 22.0 Å². The van der Waals surface area contributed by atoms with E-state index in [9.17, 15) is 4.39 Å². The molecule has 7 nitrogen and oxygen atoms in total. The Bertz CT molecular complexity index is 1210. The van der Waals surface area contributed by atoms with E-state index in [0.717, 1.165) is 36.8 Å². The molecule has 0 amide bonds. The molecule has 184 valence electrons. The van der Waals surface area contributed by atoms with Crippen molar-refractivity contribution in [3.63, 3.8) is 0 Å². The summed E-state index contributed by atoms with van der Waals surface area (Å²) in [5.41, 5.74) is 1.45. The number of benzene rings is 1. The first-order valence-corrected chi connectivity index (χ1v) is 12.5. The van der Waals surface area contributed by atoms with Crippen LogP contribution in [-0.2, 0) is 4.74 Å². The number of morpholine rings is 1. The number of rotatable bonds is 4. The van der Waals surface area contributed by atoms with E-state index in [1.165, 1.54) is 6.07 Å². The summed E-state index contributed by atoms with van der Waals surface area (Å²) in [6, 6.07) is 10.6. The molecule has 2 aromatic heterocycles. The van der Waals surface area contributed by atoms with E-state index in [0.29, 0.717) is 36.4 Å². The third-order valence-electron chi connectivity index (χ3n) is 6.50. The molecule has 10 heteroatoms. The lowest BCUT2D eigenvalue weighted by Crippen LogP contribution is -2.53. The second kappa shape index (κ2) is 10.1. The van der Waals surface area contributed by atoms with Gasteiger partial charge in [-0.3, -0.25) is 0 Å². The van der Waals surface area contributed by atoms with Gasteiger partial charge in [0.25, 0.3) is 0 Å². The molecule has 0 bridgehead atoms. The molecule has 2 fully saturated rings. The third-order valence-corrected chi connectivity index (χ3v) is 7.09. The minimum atomic E-state index is -0.454. The fourth-order valence-electron chi connectivity index (χ4n) is 4.63. The van der Waals surface area contributed by atoms with Gasteiger partial charge in [-0.15, -0.1) is 0 Å². The first kappa shape index (κ1) is 24.0. The maximum absolute atomic E-state index is 13.8. The van der Waals surface area contributed by atoms with Crippen molar-refractivity contribution >= 4 is 40.8 Å². The van der Waals surface area contributed by atoms with Gasteiger partial charge in [0.1, 0.15) is 17.5 Å². The maximum Gasteiger partial charge on any atom is 0.228 e. The van der Waals surface area contributed by atoms with Gasteiger partial charge in [-0.1, -0.05) is 23.2 Å². The molecule has 3 aromatic rings. The zero-order valence-electron chi connectivity index (χ0n) is 19.7. The van der Waals surface area contributed by atoms with E-state index in [1.54, 1.807) is 18.3 Å². The Hall–Kier alpha value is -2.68. The average molecular weight is 517 g/mol. The van der Waals surface area contributed by atoms with Gasteiger partial charge in [-0.25, -0.2) is 14.4 Å². The van der Waals surface area contributed by atoms with Crippen LogP contribution in [0, 0.1) is 5.82 Å². The standard InChI is InChI=1S/C25H27Cl2FN6O/c1-16-14-32(24-19(26)4-3-7-29-24)8-9-33(16)23-13-22(18-5-6-21(28)20(27)12-18)30-25(31-23)34-10-11-35-15-17(34)2/h3-7,12-13,16-17H,8-11,14-15H2,1-2H3/t16-,17-/m0/s1. The number of hydrogen-bond acceptors (Lipinski definition) is 7. The number of ether oxygens (including phenoxy) is 1. The Morgan fingerprint density at radius 1 is 0.971 bits per heavy atom. The topological polar surface area (TPSA) is 57.6 Å². The number of pyridine rings is 1. The van der Waals surface area contributed by atoms with Crippen LogP contribution < -0.4 is 14.7 Å². The van der Waals surface area contributed by atoms with Crippen LogP contribution in [0.1, 0.15) is 13.8 Å². The molecule has 2 saturated heterocycles. The fourth-order valence-corrected chi connectivity index (χ4v) is 5.05. The van der Waals surface area contributed by atoms with Crippen molar-refractivity contribution in [2.24, 2.45) is 0 Å². The highest BCUT2D eigenvalue weighted by molar-refractivity contribution is 6.33. The summed E-state index contributed by atoms with van der Waals surface area (Å²) in [5.74, 6) is 1.80. The molecular formula is C25H27Cl2FN6O. The molecule has 2 atom stereocenters. The van der Waals surface area contributed by atoms with Crippen molar-refractivity contribution in [3.8, 4) is 11.3 Å². The van der Waals surface area contributed by atoms with Crippen molar-refractivity contribution in [2.45, 2.75) is 25.9 Å².